The SMILES string of the molecule is COC(=O)N1CCC1C(C)CCO. The van der Waals surface area contributed by atoms with Crippen molar-refractivity contribution in [1.82, 2.24) is 4.90 Å². The second kappa shape index (κ2) is 4.46. The van der Waals surface area contributed by atoms with Gasteiger partial charge in [0.05, 0.1) is 7.11 Å². The van der Waals surface area contributed by atoms with E-state index in [1.807, 2.05) is 0 Å². The molecule has 0 aromatic carbocycles. The van der Waals surface area contributed by atoms with Crippen molar-refractivity contribution in [3.63, 3.8) is 0 Å². The monoisotopic (exact) mass is 187 g/mol. The molecule has 0 spiro atoms. The van der Waals surface area contributed by atoms with Crippen molar-refractivity contribution >= 4 is 6.09 Å². The van der Waals surface area contributed by atoms with E-state index in [9.17, 15) is 4.79 Å². The first-order valence-corrected chi connectivity index (χ1v) is 4.66. The van der Waals surface area contributed by atoms with Gasteiger partial charge < -0.3 is 14.7 Å². The number of methoxy groups -OCH3 is 1. The van der Waals surface area contributed by atoms with Crippen LogP contribution in [0.4, 0.5) is 4.79 Å². The number of carbonyl (C=O) groups excluding carboxylic acids is 1. The van der Waals surface area contributed by atoms with Gasteiger partial charge in [-0.25, -0.2) is 4.79 Å². The van der Waals surface area contributed by atoms with E-state index in [2.05, 4.69) is 11.7 Å². The lowest BCUT2D eigenvalue weighted by molar-refractivity contribution is 0.0330. The number of amides is 1. The van der Waals surface area contributed by atoms with E-state index in [0.717, 1.165) is 19.4 Å². The summed E-state index contributed by atoms with van der Waals surface area (Å²) in [7, 11) is 1.40. The van der Waals surface area contributed by atoms with Gasteiger partial charge >= 0.3 is 6.09 Å². The highest BCUT2D eigenvalue weighted by Gasteiger charge is 2.36. The van der Waals surface area contributed by atoms with Crippen molar-refractivity contribution in [2.75, 3.05) is 20.3 Å². The van der Waals surface area contributed by atoms with E-state index >= 15 is 0 Å². The Kier molecular flexibility index (Phi) is 3.54. The third-order valence-corrected chi connectivity index (χ3v) is 2.72. The maximum atomic E-state index is 11.2. The van der Waals surface area contributed by atoms with Gasteiger partial charge in [-0.3, -0.25) is 0 Å². The second-order valence-corrected chi connectivity index (χ2v) is 3.51. The molecule has 0 aromatic rings. The highest BCUT2D eigenvalue weighted by atomic mass is 16.5. The number of hydrogen-bond acceptors (Lipinski definition) is 3. The molecule has 2 unspecified atom stereocenters. The number of likely N-dealkylation sites (tertiary alicyclic amines) is 1. The van der Waals surface area contributed by atoms with Crippen molar-refractivity contribution < 1.29 is 14.6 Å². The molecule has 76 valence electrons. The molecular weight excluding hydrogens is 170 g/mol. The first-order valence-electron chi connectivity index (χ1n) is 4.66. The molecular formula is C9H17NO3. The zero-order valence-corrected chi connectivity index (χ0v) is 8.19. The zero-order chi connectivity index (χ0) is 9.84. The van der Waals surface area contributed by atoms with Gasteiger partial charge in [0.15, 0.2) is 0 Å². The molecule has 13 heavy (non-hydrogen) atoms. The summed E-state index contributed by atoms with van der Waals surface area (Å²) in [6.07, 6.45) is 1.52. The van der Waals surface area contributed by atoms with Crippen LogP contribution in [0.25, 0.3) is 0 Å². The van der Waals surface area contributed by atoms with Gasteiger partial charge in [0.1, 0.15) is 0 Å². The van der Waals surface area contributed by atoms with Crippen molar-refractivity contribution in [3.8, 4) is 0 Å². The molecule has 0 radical (unpaired) electrons. The quantitative estimate of drug-likeness (QED) is 0.712. The molecule has 1 amide bonds. The first kappa shape index (κ1) is 10.3. The Labute approximate surface area is 78.5 Å². The summed E-state index contributed by atoms with van der Waals surface area (Å²) in [5.74, 6) is 0.359. The smallest absolute Gasteiger partial charge is 0.409 e. The van der Waals surface area contributed by atoms with Gasteiger partial charge in [-0.05, 0) is 18.8 Å². The van der Waals surface area contributed by atoms with Gasteiger partial charge in [-0.15, -0.1) is 0 Å². The fourth-order valence-electron chi connectivity index (χ4n) is 1.74. The number of ether oxygens (including phenoxy) is 1. The lowest BCUT2D eigenvalue weighted by Crippen LogP contribution is -2.54. The van der Waals surface area contributed by atoms with Gasteiger partial charge in [0.25, 0.3) is 0 Å². The molecule has 0 aromatic heterocycles. The first-order chi connectivity index (χ1) is 6.20. The lowest BCUT2D eigenvalue weighted by Gasteiger charge is -2.43. The minimum Gasteiger partial charge on any atom is -0.453 e. The third kappa shape index (κ3) is 2.12. The molecule has 1 heterocycles. The number of aliphatic hydroxyl groups excluding tert-OH is 1. The number of carbonyl (C=O) groups is 1. The summed E-state index contributed by atoms with van der Waals surface area (Å²) in [5.41, 5.74) is 0. The largest absolute Gasteiger partial charge is 0.453 e. The van der Waals surface area contributed by atoms with Crippen LogP contribution in [0.3, 0.4) is 0 Å². The van der Waals surface area contributed by atoms with E-state index in [4.69, 9.17) is 5.11 Å². The minimum absolute atomic E-state index is 0.187. The van der Waals surface area contributed by atoms with Crippen LogP contribution in [0.5, 0.6) is 0 Å². The molecule has 1 rings (SSSR count). The number of aliphatic hydroxyl groups is 1. The van der Waals surface area contributed by atoms with E-state index in [1.165, 1.54) is 7.11 Å². The van der Waals surface area contributed by atoms with Crippen molar-refractivity contribution in [3.05, 3.63) is 0 Å². The molecule has 1 N–H and O–H groups in total. The Morgan fingerprint density at radius 2 is 2.46 bits per heavy atom. The van der Waals surface area contributed by atoms with E-state index < -0.39 is 0 Å². The summed E-state index contributed by atoms with van der Waals surface area (Å²) in [5, 5.41) is 8.75. The summed E-state index contributed by atoms with van der Waals surface area (Å²) < 4.78 is 4.64. The molecule has 0 aliphatic carbocycles. The van der Waals surface area contributed by atoms with Crippen molar-refractivity contribution in [2.45, 2.75) is 25.8 Å². The highest BCUT2D eigenvalue weighted by molar-refractivity contribution is 5.68. The normalized spacial score (nSPS) is 23.6. The molecule has 1 aliphatic heterocycles. The van der Waals surface area contributed by atoms with Crippen LogP contribution in [-0.4, -0.2) is 42.4 Å². The molecule has 2 atom stereocenters. The molecule has 4 heteroatoms. The fraction of sp³-hybridized carbons (Fsp3) is 0.889. The number of hydrogen-bond donors (Lipinski definition) is 1. The topological polar surface area (TPSA) is 49.8 Å². The summed E-state index contributed by atoms with van der Waals surface area (Å²) >= 11 is 0. The average molecular weight is 187 g/mol. The Balaban J connectivity index is 2.39. The molecule has 0 bridgehead atoms. The average Bonchev–Trinajstić information content (AvgIpc) is 2.02. The van der Waals surface area contributed by atoms with Crippen LogP contribution in [0, 0.1) is 5.92 Å². The van der Waals surface area contributed by atoms with Crippen molar-refractivity contribution in [1.29, 1.82) is 0 Å². The predicted octanol–water partition coefficient (Wildman–Crippen LogP) is 0.846. The number of rotatable bonds is 3. The predicted molar refractivity (Wildman–Crippen MR) is 48.4 cm³/mol. The Morgan fingerprint density at radius 1 is 1.77 bits per heavy atom. The highest BCUT2D eigenvalue weighted by Crippen LogP contribution is 2.26. The Bertz CT molecular complexity index is 184. The van der Waals surface area contributed by atoms with Gasteiger partial charge in [0.2, 0.25) is 0 Å². The molecule has 1 fully saturated rings. The molecule has 0 saturated carbocycles. The summed E-state index contributed by atoms with van der Waals surface area (Å²) in [6.45, 7) is 3.02. The molecule has 1 aliphatic rings. The fourth-order valence-corrected chi connectivity index (χ4v) is 1.74. The third-order valence-electron chi connectivity index (χ3n) is 2.72. The second-order valence-electron chi connectivity index (χ2n) is 3.51. The van der Waals surface area contributed by atoms with Crippen LogP contribution in [-0.2, 0) is 4.74 Å². The number of nitrogens with zero attached hydrogens (tertiary/aromatic N) is 1. The van der Waals surface area contributed by atoms with Gasteiger partial charge in [-0.1, -0.05) is 6.92 Å². The summed E-state index contributed by atoms with van der Waals surface area (Å²) in [6, 6.07) is 0.264. The van der Waals surface area contributed by atoms with Crippen LogP contribution >= 0.6 is 0 Å². The minimum atomic E-state index is -0.249. The maximum Gasteiger partial charge on any atom is 0.409 e. The molecule has 1 saturated heterocycles. The summed E-state index contributed by atoms with van der Waals surface area (Å²) in [4.78, 5) is 12.9. The van der Waals surface area contributed by atoms with Crippen LogP contribution in [0.1, 0.15) is 19.8 Å². The Hall–Kier alpha value is -0.770. The van der Waals surface area contributed by atoms with Crippen LogP contribution < -0.4 is 0 Å². The van der Waals surface area contributed by atoms with E-state index in [0.29, 0.717) is 5.92 Å². The van der Waals surface area contributed by atoms with Gasteiger partial charge in [-0.2, -0.15) is 0 Å². The molecule has 4 nitrogen and oxygen atoms in total. The van der Waals surface area contributed by atoms with E-state index in [-0.39, 0.29) is 18.7 Å². The lowest BCUT2D eigenvalue weighted by atomic mass is 9.89. The van der Waals surface area contributed by atoms with Crippen LogP contribution in [0.15, 0.2) is 0 Å². The standard InChI is InChI=1S/C9H17NO3/c1-7(4-6-11)8-3-5-10(8)9(12)13-2/h7-8,11H,3-6H2,1-2H3. The van der Waals surface area contributed by atoms with Crippen LogP contribution in [0.2, 0.25) is 0 Å². The maximum absolute atomic E-state index is 11.2. The Morgan fingerprint density at radius 3 is 2.85 bits per heavy atom. The van der Waals surface area contributed by atoms with Gasteiger partial charge in [0, 0.05) is 19.2 Å². The zero-order valence-electron chi connectivity index (χ0n) is 8.19. The van der Waals surface area contributed by atoms with Crippen molar-refractivity contribution in [2.24, 2.45) is 5.92 Å². The van der Waals surface area contributed by atoms with E-state index in [1.54, 1.807) is 4.90 Å².